The van der Waals surface area contributed by atoms with Gasteiger partial charge in [-0.2, -0.15) is 0 Å². The molecule has 6 nitrogen and oxygen atoms in total. The van der Waals surface area contributed by atoms with Gasteiger partial charge in [-0.1, -0.05) is 18.2 Å². The fourth-order valence-corrected chi connectivity index (χ4v) is 4.81. The van der Waals surface area contributed by atoms with E-state index in [1.54, 1.807) is 12.3 Å². The van der Waals surface area contributed by atoms with Crippen molar-refractivity contribution in [2.24, 2.45) is 0 Å². The van der Waals surface area contributed by atoms with Gasteiger partial charge in [-0.15, -0.1) is 0 Å². The van der Waals surface area contributed by atoms with Crippen molar-refractivity contribution in [3.8, 4) is 0 Å². The minimum absolute atomic E-state index is 0.118. The zero-order valence-electron chi connectivity index (χ0n) is 19.9. The molecular formula is C27H32N4O2. The molecule has 0 spiro atoms. The Bertz CT molecular complexity index is 1110. The van der Waals surface area contributed by atoms with Gasteiger partial charge in [0.05, 0.1) is 0 Å². The van der Waals surface area contributed by atoms with Crippen molar-refractivity contribution in [2.45, 2.75) is 52.9 Å². The number of aromatic nitrogens is 1. The number of rotatable bonds is 6. The van der Waals surface area contributed by atoms with E-state index in [0.29, 0.717) is 17.8 Å². The van der Waals surface area contributed by atoms with Crippen LogP contribution in [0, 0.1) is 6.92 Å². The standard InChI is InChI=1S/C27H32N4O2/c1-5-31(6-2)20-13-11-19(12-14-20)25-24(27(33)30-23-15-10-17(3)16-28-23)18(4)29-21-8-7-9-22(32)26(21)25/h10-16,25,29H,5-9H2,1-4H3,(H,28,30,33). The van der Waals surface area contributed by atoms with Gasteiger partial charge in [0, 0.05) is 59.9 Å². The number of Topliss-reactive ketones (excluding diaryl/α,β-unsaturated/α-hetero) is 1. The van der Waals surface area contributed by atoms with E-state index in [0.717, 1.165) is 59.7 Å². The summed E-state index contributed by atoms with van der Waals surface area (Å²) in [6, 6.07) is 12.0. The van der Waals surface area contributed by atoms with Gasteiger partial charge in [-0.25, -0.2) is 4.98 Å². The van der Waals surface area contributed by atoms with Crippen molar-refractivity contribution < 1.29 is 9.59 Å². The number of hydrogen-bond acceptors (Lipinski definition) is 5. The van der Waals surface area contributed by atoms with Crippen LogP contribution in [0.25, 0.3) is 0 Å². The minimum Gasteiger partial charge on any atom is -0.372 e. The average Bonchev–Trinajstić information content (AvgIpc) is 2.81. The predicted molar refractivity (Wildman–Crippen MR) is 132 cm³/mol. The highest BCUT2D eigenvalue weighted by Crippen LogP contribution is 2.42. The summed E-state index contributed by atoms with van der Waals surface area (Å²) < 4.78 is 0. The first-order valence-electron chi connectivity index (χ1n) is 11.8. The van der Waals surface area contributed by atoms with Crippen LogP contribution < -0.4 is 15.5 Å². The highest BCUT2D eigenvalue weighted by molar-refractivity contribution is 6.09. The Hall–Kier alpha value is -3.41. The van der Waals surface area contributed by atoms with Gasteiger partial charge >= 0.3 is 0 Å². The third-order valence-electron chi connectivity index (χ3n) is 6.53. The Morgan fingerprint density at radius 2 is 1.82 bits per heavy atom. The molecular weight excluding hydrogens is 412 g/mol. The van der Waals surface area contributed by atoms with E-state index in [1.807, 2.05) is 19.9 Å². The van der Waals surface area contributed by atoms with Gasteiger partial charge < -0.3 is 15.5 Å². The Balaban J connectivity index is 1.74. The third kappa shape index (κ3) is 4.56. The highest BCUT2D eigenvalue weighted by Gasteiger charge is 2.38. The maximum Gasteiger partial charge on any atom is 0.255 e. The number of benzene rings is 1. The lowest BCUT2D eigenvalue weighted by molar-refractivity contribution is -0.116. The van der Waals surface area contributed by atoms with Crippen LogP contribution in [-0.4, -0.2) is 29.8 Å². The molecule has 2 heterocycles. The SMILES string of the molecule is CCN(CC)c1ccc(C2C(C(=O)Nc3ccc(C)cn3)=C(C)NC3=C2C(=O)CCC3)cc1. The summed E-state index contributed by atoms with van der Waals surface area (Å²) >= 11 is 0. The number of allylic oxidation sites excluding steroid dienone is 3. The van der Waals surface area contributed by atoms with E-state index in [2.05, 4.69) is 58.6 Å². The predicted octanol–water partition coefficient (Wildman–Crippen LogP) is 4.84. The number of dihydropyridines is 1. The van der Waals surface area contributed by atoms with Crippen LogP contribution in [-0.2, 0) is 9.59 Å². The molecule has 0 fully saturated rings. The normalized spacial score (nSPS) is 18.1. The van der Waals surface area contributed by atoms with E-state index in [9.17, 15) is 9.59 Å². The molecule has 1 unspecified atom stereocenters. The fraction of sp³-hybridized carbons (Fsp3) is 0.370. The Morgan fingerprint density at radius 3 is 2.45 bits per heavy atom. The van der Waals surface area contributed by atoms with E-state index in [1.165, 1.54) is 0 Å². The Morgan fingerprint density at radius 1 is 1.09 bits per heavy atom. The van der Waals surface area contributed by atoms with Crippen molar-refractivity contribution in [3.63, 3.8) is 0 Å². The lowest BCUT2D eigenvalue weighted by atomic mass is 9.75. The van der Waals surface area contributed by atoms with Crippen molar-refractivity contribution in [1.82, 2.24) is 10.3 Å². The molecule has 1 amide bonds. The van der Waals surface area contributed by atoms with Crippen LogP contribution in [0.4, 0.5) is 11.5 Å². The number of aryl methyl sites for hydroxylation is 1. The molecule has 1 aromatic heterocycles. The zero-order chi connectivity index (χ0) is 23.5. The summed E-state index contributed by atoms with van der Waals surface area (Å²) in [4.78, 5) is 33.2. The average molecular weight is 445 g/mol. The number of pyridine rings is 1. The molecule has 172 valence electrons. The lowest BCUT2D eigenvalue weighted by Crippen LogP contribution is -2.35. The van der Waals surface area contributed by atoms with Crippen LogP contribution in [0.2, 0.25) is 0 Å². The van der Waals surface area contributed by atoms with Gasteiger partial charge in [0.1, 0.15) is 5.82 Å². The van der Waals surface area contributed by atoms with Gasteiger partial charge in [0.2, 0.25) is 0 Å². The molecule has 0 saturated heterocycles. The second kappa shape index (κ2) is 9.61. The van der Waals surface area contributed by atoms with E-state index in [-0.39, 0.29) is 11.7 Å². The number of hydrogen-bond donors (Lipinski definition) is 2. The molecule has 0 saturated carbocycles. The van der Waals surface area contributed by atoms with Crippen LogP contribution >= 0.6 is 0 Å². The lowest BCUT2D eigenvalue weighted by Gasteiger charge is -2.34. The van der Waals surface area contributed by atoms with E-state index >= 15 is 0 Å². The minimum atomic E-state index is -0.398. The topological polar surface area (TPSA) is 74.3 Å². The summed E-state index contributed by atoms with van der Waals surface area (Å²) in [6.07, 6.45) is 3.90. The number of amides is 1. The summed E-state index contributed by atoms with van der Waals surface area (Å²) in [7, 11) is 0. The monoisotopic (exact) mass is 444 g/mol. The molecule has 0 radical (unpaired) electrons. The van der Waals surface area contributed by atoms with Crippen LogP contribution in [0.15, 0.2) is 65.1 Å². The molecule has 2 N–H and O–H groups in total. The summed E-state index contributed by atoms with van der Waals surface area (Å²) in [6.45, 7) is 9.99. The maximum absolute atomic E-state index is 13.5. The molecule has 2 aliphatic rings. The quantitative estimate of drug-likeness (QED) is 0.667. The van der Waals surface area contributed by atoms with Gasteiger partial charge in [0.15, 0.2) is 5.78 Å². The molecule has 33 heavy (non-hydrogen) atoms. The first-order chi connectivity index (χ1) is 15.9. The van der Waals surface area contributed by atoms with E-state index < -0.39 is 5.92 Å². The van der Waals surface area contributed by atoms with Crippen LogP contribution in [0.5, 0.6) is 0 Å². The summed E-state index contributed by atoms with van der Waals surface area (Å²) in [5.41, 5.74) is 6.15. The van der Waals surface area contributed by atoms with Gasteiger partial charge in [-0.05, 0) is 69.9 Å². The first-order valence-corrected chi connectivity index (χ1v) is 11.8. The number of carbonyl (C=O) groups is 2. The number of nitrogens with one attached hydrogen (secondary N) is 2. The molecule has 2 aromatic rings. The van der Waals surface area contributed by atoms with Crippen molar-refractivity contribution in [3.05, 3.63) is 76.3 Å². The third-order valence-corrected chi connectivity index (χ3v) is 6.53. The number of ketones is 1. The van der Waals surface area contributed by atoms with E-state index in [4.69, 9.17) is 0 Å². The number of anilines is 2. The largest absolute Gasteiger partial charge is 0.372 e. The molecule has 1 aliphatic heterocycles. The summed E-state index contributed by atoms with van der Waals surface area (Å²) in [5.74, 6) is -0.0199. The molecule has 0 bridgehead atoms. The molecule has 1 aromatic carbocycles. The zero-order valence-corrected chi connectivity index (χ0v) is 19.9. The number of nitrogens with zero attached hydrogens (tertiary/aromatic N) is 2. The number of carbonyl (C=O) groups excluding carboxylic acids is 2. The highest BCUT2D eigenvalue weighted by atomic mass is 16.2. The Labute approximate surface area is 195 Å². The van der Waals surface area contributed by atoms with Crippen molar-refractivity contribution in [1.29, 1.82) is 0 Å². The van der Waals surface area contributed by atoms with Crippen molar-refractivity contribution >= 4 is 23.2 Å². The molecule has 1 atom stereocenters. The molecule has 1 aliphatic carbocycles. The van der Waals surface area contributed by atoms with Crippen molar-refractivity contribution in [2.75, 3.05) is 23.3 Å². The fourth-order valence-electron chi connectivity index (χ4n) is 4.81. The smallest absolute Gasteiger partial charge is 0.255 e. The second-order valence-electron chi connectivity index (χ2n) is 8.70. The second-order valence-corrected chi connectivity index (χ2v) is 8.70. The Kier molecular flexibility index (Phi) is 6.63. The van der Waals surface area contributed by atoms with Crippen LogP contribution in [0.1, 0.15) is 57.1 Å². The maximum atomic E-state index is 13.5. The first kappa shape index (κ1) is 22.8. The molecule has 4 rings (SSSR count). The van der Waals surface area contributed by atoms with Crippen LogP contribution in [0.3, 0.4) is 0 Å². The van der Waals surface area contributed by atoms with Gasteiger partial charge in [0.25, 0.3) is 5.91 Å². The molecule has 6 heteroatoms. The van der Waals surface area contributed by atoms with Gasteiger partial charge in [-0.3, -0.25) is 9.59 Å². The summed E-state index contributed by atoms with van der Waals surface area (Å²) in [5, 5.41) is 6.31.